The number of hydrogen-bond donors (Lipinski definition) is 3. The number of H-pyrrole nitrogens is 1. The number of amides is 1. The van der Waals surface area contributed by atoms with Crippen LogP contribution < -0.4 is 11.1 Å². The molecule has 0 radical (unpaired) electrons. The van der Waals surface area contributed by atoms with Gasteiger partial charge in [-0.3, -0.25) is 4.79 Å². The minimum atomic E-state index is -0.270. The van der Waals surface area contributed by atoms with Crippen LogP contribution >= 0.6 is 11.3 Å². The lowest BCUT2D eigenvalue weighted by atomic mass is 10.1. The predicted octanol–water partition coefficient (Wildman–Crippen LogP) is 3.21. The van der Waals surface area contributed by atoms with Gasteiger partial charge in [0.15, 0.2) is 0 Å². The van der Waals surface area contributed by atoms with Crippen molar-refractivity contribution < 1.29 is 4.79 Å². The fraction of sp³-hybridized carbons (Fsp3) is 0.294. The second kappa shape index (κ2) is 6.93. The number of nitrogens with zero attached hydrogens (tertiary/aromatic N) is 1. The van der Waals surface area contributed by atoms with Gasteiger partial charge in [-0.2, -0.15) is 0 Å². The molecule has 3 aromatic rings. The number of carbonyl (C=O) groups excluding carboxylic acids is 1. The van der Waals surface area contributed by atoms with Crippen molar-refractivity contribution >= 4 is 28.3 Å². The number of aromatic nitrogens is 2. The summed E-state index contributed by atoms with van der Waals surface area (Å²) in [6.45, 7) is 2.73. The highest BCUT2D eigenvalue weighted by Crippen LogP contribution is 2.35. The Morgan fingerprint density at radius 2 is 2.30 bits per heavy atom. The van der Waals surface area contributed by atoms with Crippen LogP contribution in [0.5, 0.6) is 0 Å². The molecule has 1 atom stereocenters. The Kier molecular flexibility index (Phi) is 4.73. The summed E-state index contributed by atoms with van der Waals surface area (Å²) in [5.74, 6) is 0.00518. The third-order valence-electron chi connectivity index (χ3n) is 3.69. The molecule has 0 bridgehead atoms. The van der Waals surface area contributed by atoms with E-state index < -0.39 is 0 Å². The zero-order valence-electron chi connectivity index (χ0n) is 13.0. The van der Waals surface area contributed by atoms with Gasteiger partial charge in [-0.1, -0.05) is 6.92 Å². The molecule has 0 saturated heterocycles. The first-order valence-electron chi connectivity index (χ1n) is 7.73. The molecule has 0 saturated carbocycles. The lowest BCUT2D eigenvalue weighted by Crippen LogP contribution is -2.27. The van der Waals surface area contributed by atoms with Crippen molar-refractivity contribution in [3.8, 4) is 10.4 Å². The molecule has 0 aliphatic rings. The molecule has 3 aromatic heterocycles. The van der Waals surface area contributed by atoms with Gasteiger partial charge in [0.2, 0.25) is 5.91 Å². The van der Waals surface area contributed by atoms with E-state index in [2.05, 4.69) is 21.4 Å². The maximum Gasteiger partial charge on any atom is 0.221 e. The minimum Gasteiger partial charge on any atom is -0.356 e. The summed E-state index contributed by atoms with van der Waals surface area (Å²) >= 11 is 1.63. The Hall–Kier alpha value is -2.18. The molecule has 23 heavy (non-hydrogen) atoms. The SMILES string of the molecule is CCCNC(=O)C[C@@H](N)c1ccc(-c2c[nH]c3ncccc23)s1. The maximum atomic E-state index is 11.8. The zero-order chi connectivity index (χ0) is 16.2. The van der Waals surface area contributed by atoms with Gasteiger partial charge in [-0.25, -0.2) is 4.98 Å². The van der Waals surface area contributed by atoms with Gasteiger partial charge in [0.05, 0.1) is 0 Å². The van der Waals surface area contributed by atoms with E-state index in [1.165, 1.54) is 0 Å². The highest BCUT2D eigenvalue weighted by Gasteiger charge is 2.15. The first-order valence-corrected chi connectivity index (χ1v) is 8.55. The van der Waals surface area contributed by atoms with Crippen LogP contribution in [0.25, 0.3) is 21.5 Å². The second-order valence-corrected chi connectivity index (χ2v) is 6.58. The molecule has 3 rings (SSSR count). The van der Waals surface area contributed by atoms with Crippen LogP contribution in [0.3, 0.4) is 0 Å². The average Bonchev–Trinajstić information content (AvgIpc) is 3.19. The Bertz CT molecular complexity index is 808. The van der Waals surface area contributed by atoms with Crippen molar-refractivity contribution in [2.75, 3.05) is 6.54 Å². The monoisotopic (exact) mass is 328 g/mol. The zero-order valence-corrected chi connectivity index (χ0v) is 13.8. The van der Waals surface area contributed by atoms with Gasteiger partial charge < -0.3 is 16.0 Å². The molecule has 1 amide bonds. The van der Waals surface area contributed by atoms with Gasteiger partial charge in [0.1, 0.15) is 5.65 Å². The van der Waals surface area contributed by atoms with Crippen LogP contribution in [0, 0.1) is 0 Å². The van der Waals surface area contributed by atoms with Crippen LogP contribution in [0.15, 0.2) is 36.7 Å². The standard InChI is InChI=1S/C17H20N4OS/c1-2-7-19-16(22)9-13(18)15-6-5-14(23-15)12-10-21-17-11(12)4-3-8-20-17/h3-6,8,10,13H,2,7,9,18H2,1H3,(H,19,22)(H,20,21)/t13-/m1/s1. The molecule has 0 fully saturated rings. The van der Waals surface area contributed by atoms with E-state index in [0.29, 0.717) is 13.0 Å². The number of hydrogen-bond acceptors (Lipinski definition) is 4. The second-order valence-electron chi connectivity index (χ2n) is 5.46. The van der Waals surface area contributed by atoms with Gasteiger partial charge in [0, 0.05) is 52.1 Å². The third-order valence-corrected chi connectivity index (χ3v) is 4.94. The van der Waals surface area contributed by atoms with E-state index in [9.17, 15) is 4.79 Å². The van der Waals surface area contributed by atoms with E-state index in [1.54, 1.807) is 17.5 Å². The number of nitrogens with one attached hydrogen (secondary N) is 2. The molecule has 0 aromatic carbocycles. The summed E-state index contributed by atoms with van der Waals surface area (Å²) in [7, 11) is 0. The summed E-state index contributed by atoms with van der Waals surface area (Å²) in [6, 6.07) is 7.77. The number of fused-ring (bicyclic) bond motifs is 1. The topological polar surface area (TPSA) is 83.8 Å². The van der Waals surface area contributed by atoms with E-state index in [-0.39, 0.29) is 11.9 Å². The van der Waals surface area contributed by atoms with Gasteiger partial charge in [-0.05, 0) is 30.7 Å². The van der Waals surface area contributed by atoms with Crippen molar-refractivity contribution in [2.24, 2.45) is 5.73 Å². The molecular weight excluding hydrogens is 308 g/mol. The number of aromatic amines is 1. The van der Waals surface area contributed by atoms with Gasteiger partial charge in [-0.15, -0.1) is 11.3 Å². The summed E-state index contributed by atoms with van der Waals surface area (Å²) in [4.78, 5) is 21.4. The molecule has 0 spiro atoms. The minimum absolute atomic E-state index is 0.00518. The first-order chi connectivity index (χ1) is 11.2. The summed E-state index contributed by atoms with van der Waals surface area (Å²) < 4.78 is 0. The molecule has 0 aliphatic carbocycles. The highest BCUT2D eigenvalue weighted by atomic mass is 32.1. The van der Waals surface area contributed by atoms with E-state index in [1.807, 2.05) is 31.3 Å². The Balaban J connectivity index is 1.76. The molecule has 120 valence electrons. The Morgan fingerprint density at radius 3 is 3.13 bits per heavy atom. The van der Waals surface area contributed by atoms with Crippen LogP contribution in [0.1, 0.15) is 30.7 Å². The van der Waals surface area contributed by atoms with Crippen molar-refractivity contribution in [1.82, 2.24) is 15.3 Å². The molecule has 3 heterocycles. The van der Waals surface area contributed by atoms with Crippen molar-refractivity contribution in [1.29, 1.82) is 0 Å². The summed E-state index contributed by atoms with van der Waals surface area (Å²) in [5.41, 5.74) is 8.17. The van der Waals surface area contributed by atoms with Crippen LogP contribution in [-0.2, 0) is 4.79 Å². The van der Waals surface area contributed by atoms with Gasteiger partial charge in [0.25, 0.3) is 0 Å². The van der Waals surface area contributed by atoms with E-state index in [0.717, 1.165) is 32.8 Å². The van der Waals surface area contributed by atoms with E-state index >= 15 is 0 Å². The predicted molar refractivity (Wildman–Crippen MR) is 94.3 cm³/mol. The fourth-order valence-corrected chi connectivity index (χ4v) is 3.53. The largest absolute Gasteiger partial charge is 0.356 e. The molecular formula is C17H20N4OS. The highest BCUT2D eigenvalue weighted by molar-refractivity contribution is 7.15. The van der Waals surface area contributed by atoms with Crippen LogP contribution in [0.4, 0.5) is 0 Å². The normalized spacial score (nSPS) is 12.4. The van der Waals surface area contributed by atoms with Crippen LogP contribution in [-0.4, -0.2) is 22.4 Å². The summed E-state index contributed by atoms with van der Waals surface area (Å²) in [6.07, 6.45) is 4.98. The molecule has 6 heteroatoms. The molecule has 0 unspecified atom stereocenters. The third kappa shape index (κ3) is 3.43. The lowest BCUT2D eigenvalue weighted by Gasteiger charge is -2.09. The molecule has 4 N–H and O–H groups in total. The number of rotatable bonds is 6. The molecule has 5 nitrogen and oxygen atoms in total. The van der Waals surface area contributed by atoms with Crippen molar-refractivity contribution in [3.05, 3.63) is 41.5 Å². The Morgan fingerprint density at radius 1 is 1.43 bits per heavy atom. The smallest absolute Gasteiger partial charge is 0.221 e. The van der Waals surface area contributed by atoms with Crippen LogP contribution in [0.2, 0.25) is 0 Å². The Labute approximate surface area is 138 Å². The van der Waals surface area contributed by atoms with Crippen molar-refractivity contribution in [3.63, 3.8) is 0 Å². The van der Waals surface area contributed by atoms with Gasteiger partial charge >= 0.3 is 0 Å². The maximum absolute atomic E-state index is 11.8. The van der Waals surface area contributed by atoms with Crippen molar-refractivity contribution in [2.45, 2.75) is 25.8 Å². The van der Waals surface area contributed by atoms with E-state index in [4.69, 9.17) is 5.73 Å². The first kappa shape index (κ1) is 15.7. The lowest BCUT2D eigenvalue weighted by molar-refractivity contribution is -0.121. The number of nitrogens with two attached hydrogens (primary N) is 1. The molecule has 0 aliphatic heterocycles. The number of carbonyl (C=O) groups is 1. The fourth-order valence-electron chi connectivity index (χ4n) is 2.49. The average molecular weight is 328 g/mol. The summed E-state index contributed by atoms with van der Waals surface area (Å²) in [5, 5.41) is 3.96. The number of pyridine rings is 1. The number of thiophene rings is 1. The quantitative estimate of drug-likeness (QED) is 0.649.